The molecule has 2 atom stereocenters. The maximum Gasteiger partial charge on any atom is 0.186 e. The van der Waals surface area contributed by atoms with Gasteiger partial charge in [0.15, 0.2) is 5.13 Å². The number of thiazole rings is 1. The zero-order chi connectivity index (χ0) is 16.5. The van der Waals surface area contributed by atoms with Crippen molar-refractivity contribution >= 4 is 16.5 Å². The van der Waals surface area contributed by atoms with Crippen LogP contribution in [0.25, 0.3) is 11.3 Å². The van der Waals surface area contributed by atoms with Crippen LogP contribution < -0.4 is 4.90 Å². The Labute approximate surface area is 145 Å². The van der Waals surface area contributed by atoms with Gasteiger partial charge >= 0.3 is 0 Å². The van der Waals surface area contributed by atoms with Gasteiger partial charge in [0, 0.05) is 42.7 Å². The van der Waals surface area contributed by atoms with Crippen molar-refractivity contribution in [3.63, 3.8) is 0 Å². The van der Waals surface area contributed by atoms with Crippen molar-refractivity contribution in [3.8, 4) is 11.3 Å². The zero-order valence-corrected chi connectivity index (χ0v) is 14.6. The fourth-order valence-corrected chi connectivity index (χ4v) is 4.57. The van der Waals surface area contributed by atoms with Crippen molar-refractivity contribution in [1.82, 2.24) is 9.88 Å². The largest absolute Gasteiger partial charge is 0.379 e. The molecule has 0 amide bonds. The summed E-state index contributed by atoms with van der Waals surface area (Å²) in [6.07, 6.45) is 1.17. The predicted molar refractivity (Wildman–Crippen MR) is 95.1 cm³/mol. The van der Waals surface area contributed by atoms with Crippen LogP contribution in [0.1, 0.15) is 13.3 Å². The lowest BCUT2D eigenvalue weighted by atomic mass is 10.1. The van der Waals surface area contributed by atoms with Crippen molar-refractivity contribution in [1.29, 1.82) is 0 Å². The van der Waals surface area contributed by atoms with Crippen LogP contribution >= 0.6 is 11.3 Å². The number of anilines is 1. The highest BCUT2D eigenvalue weighted by Gasteiger charge is 2.34. The molecule has 0 N–H and O–H groups in total. The number of hydrogen-bond acceptors (Lipinski definition) is 5. The third kappa shape index (κ3) is 3.18. The van der Waals surface area contributed by atoms with E-state index in [0.717, 1.165) is 49.2 Å². The maximum atomic E-state index is 13.1. The van der Waals surface area contributed by atoms with Crippen molar-refractivity contribution in [2.75, 3.05) is 37.7 Å². The Morgan fingerprint density at radius 1 is 1.21 bits per heavy atom. The lowest BCUT2D eigenvalue weighted by Gasteiger charge is -2.31. The summed E-state index contributed by atoms with van der Waals surface area (Å²) in [6, 6.07) is 7.63. The van der Waals surface area contributed by atoms with Crippen LogP contribution in [0, 0.1) is 5.82 Å². The normalized spacial score (nSPS) is 25.3. The predicted octanol–water partition coefficient (Wildman–Crippen LogP) is 3.25. The van der Waals surface area contributed by atoms with Crippen molar-refractivity contribution < 1.29 is 9.13 Å². The molecule has 4 rings (SSSR count). The van der Waals surface area contributed by atoms with E-state index in [0.29, 0.717) is 12.1 Å². The van der Waals surface area contributed by atoms with E-state index in [4.69, 9.17) is 9.72 Å². The molecule has 2 aromatic rings. The minimum Gasteiger partial charge on any atom is -0.379 e. The Hall–Kier alpha value is -1.50. The molecule has 6 heteroatoms. The molecule has 2 saturated heterocycles. The minimum absolute atomic E-state index is 0.212. The highest BCUT2D eigenvalue weighted by molar-refractivity contribution is 7.14. The average molecular weight is 347 g/mol. The van der Waals surface area contributed by atoms with E-state index in [9.17, 15) is 4.39 Å². The summed E-state index contributed by atoms with van der Waals surface area (Å²) in [4.78, 5) is 9.77. The SMILES string of the molecule is CC1CC(N2CCOCC2)CN1c1nc(-c2ccc(F)cc2)cs1. The maximum absolute atomic E-state index is 13.1. The summed E-state index contributed by atoms with van der Waals surface area (Å²) in [5, 5.41) is 3.13. The van der Waals surface area contributed by atoms with Gasteiger partial charge in [-0.05, 0) is 37.6 Å². The summed E-state index contributed by atoms with van der Waals surface area (Å²) in [7, 11) is 0. The van der Waals surface area contributed by atoms with Gasteiger partial charge in [0.25, 0.3) is 0 Å². The van der Waals surface area contributed by atoms with Gasteiger partial charge in [0.05, 0.1) is 18.9 Å². The number of ether oxygens (including phenoxy) is 1. The highest BCUT2D eigenvalue weighted by atomic mass is 32.1. The first-order valence-electron chi connectivity index (χ1n) is 8.50. The molecule has 24 heavy (non-hydrogen) atoms. The second-order valence-corrected chi connectivity index (χ2v) is 7.40. The Kier molecular flexibility index (Phi) is 4.52. The van der Waals surface area contributed by atoms with Crippen LogP contribution in [0.2, 0.25) is 0 Å². The van der Waals surface area contributed by atoms with E-state index in [1.807, 2.05) is 0 Å². The number of hydrogen-bond donors (Lipinski definition) is 0. The van der Waals surface area contributed by atoms with Crippen molar-refractivity contribution in [3.05, 3.63) is 35.5 Å². The first kappa shape index (κ1) is 16.0. The van der Waals surface area contributed by atoms with E-state index in [2.05, 4.69) is 22.1 Å². The summed E-state index contributed by atoms with van der Waals surface area (Å²) >= 11 is 1.68. The van der Waals surface area contributed by atoms with Crippen LogP contribution in [0.4, 0.5) is 9.52 Å². The van der Waals surface area contributed by atoms with Gasteiger partial charge < -0.3 is 9.64 Å². The summed E-state index contributed by atoms with van der Waals surface area (Å²) < 4.78 is 18.6. The van der Waals surface area contributed by atoms with Crippen LogP contribution in [0.5, 0.6) is 0 Å². The van der Waals surface area contributed by atoms with Gasteiger partial charge in [0.1, 0.15) is 5.82 Å². The molecule has 128 valence electrons. The van der Waals surface area contributed by atoms with Gasteiger partial charge in [0.2, 0.25) is 0 Å². The molecular weight excluding hydrogens is 325 g/mol. The first-order valence-corrected chi connectivity index (χ1v) is 9.38. The molecule has 2 aliphatic rings. The van der Waals surface area contributed by atoms with E-state index >= 15 is 0 Å². The Morgan fingerprint density at radius 3 is 2.71 bits per heavy atom. The average Bonchev–Trinajstić information content (AvgIpc) is 3.23. The molecule has 1 aromatic heterocycles. The molecule has 3 heterocycles. The van der Waals surface area contributed by atoms with Crippen LogP contribution in [0.15, 0.2) is 29.6 Å². The van der Waals surface area contributed by atoms with E-state index < -0.39 is 0 Å². The quantitative estimate of drug-likeness (QED) is 0.852. The van der Waals surface area contributed by atoms with Gasteiger partial charge in [-0.15, -0.1) is 11.3 Å². The van der Waals surface area contributed by atoms with Gasteiger partial charge in [-0.3, -0.25) is 4.90 Å². The molecule has 2 aliphatic heterocycles. The molecule has 0 bridgehead atoms. The zero-order valence-electron chi connectivity index (χ0n) is 13.8. The van der Waals surface area contributed by atoms with Gasteiger partial charge in [-0.25, -0.2) is 9.37 Å². The Morgan fingerprint density at radius 2 is 1.96 bits per heavy atom. The molecule has 0 saturated carbocycles. The lowest BCUT2D eigenvalue weighted by molar-refractivity contribution is 0.0204. The van der Waals surface area contributed by atoms with Crippen LogP contribution in [0.3, 0.4) is 0 Å². The minimum atomic E-state index is -0.212. The number of aromatic nitrogens is 1. The standard InChI is InChI=1S/C18H22FN3OS/c1-13-10-16(21-6-8-23-9-7-21)11-22(13)18-20-17(12-24-18)14-2-4-15(19)5-3-14/h2-5,12-13,16H,6-11H2,1H3. The smallest absolute Gasteiger partial charge is 0.186 e. The topological polar surface area (TPSA) is 28.6 Å². The number of morpholine rings is 1. The molecule has 0 aliphatic carbocycles. The summed E-state index contributed by atoms with van der Waals surface area (Å²) in [6.45, 7) is 7.05. The monoisotopic (exact) mass is 347 g/mol. The van der Waals surface area contributed by atoms with Crippen molar-refractivity contribution in [2.24, 2.45) is 0 Å². The molecule has 4 nitrogen and oxygen atoms in total. The lowest BCUT2D eigenvalue weighted by Crippen LogP contribution is -2.44. The Bertz CT molecular complexity index is 684. The van der Waals surface area contributed by atoms with Crippen LogP contribution in [-0.2, 0) is 4.74 Å². The number of benzene rings is 1. The summed E-state index contributed by atoms with van der Waals surface area (Å²) in [5.41, 5.74) is 1.90. The third-order valence-corrected chi connectivity index (χ3v) is 5.87. The van der Waals surface area contributed by atoms with Crippen molar-refractivity contribution in [2.45, 2.75) is 25.4 Å². The molecule has 0 spiro atoms. The van der Waals surface area contributed by atoms with E-state index in [-0.39, 0.29) is 5.82 Å². The van der Waals surface area contributed by atoms with Crippen LogP contribution in [-0.4, -0.2) is 54.8 Å². The third-order valence-electron chi connectivity index (χ3n) is 4.99. The highest BCUT2D eigenvalue weighted by Crippen LogP contribution is 2.33. The molecule has 1 aromatic carbocycles. The Balaban J connectivity index is 1.48. The van der Waals surface area contributed by atoms with E-state index in [1.54, 1.807) is 23.5 Å². The first-order chi connectivity index (χ1) is 11.7. The fourth-order valence-electron chi connectivity index (χ4n) is 3.63. The molecule has 2 fully saturated rings. The number of rotatable bonds is 3. The molecule has 0 radical (unpaired) electrons. The van der Waals surface area contributed by atoms with Gasteiger partial charge in [-0.2, -0.15) is 0 Å². The molecule has 2 unspecified atom stereocenters. The summed E-state index contributed by atoms with van der Waals surface area (Å²) in [5.74, 6) is -0.212. The van der Waals surface area contributed by atoms with Gasteiger partial charge in [-0.1, -0.05) is 0 Å². The number of nitrogens with zero attached hydrogens (tertiary/aromatic N) is 3. The fraction of sp³-hybridized carbons (Fsp3) is 0.500. The second kappa shape index (κ2) is 6.78. The molecular formula is C18H22FN3OS. The van der Waals surface area contributed by atoms with E-state index in [1.165, 1.54) is 18.6 Å². The number of halogens is 1. The second-order valence-electron chi connectivity index (χ2n) is 6.56.